The third-order valence-electron chi connectivity index (χ3n) is 4.69. The molecule has 0 aliphatic carbocycles. The first-order valence-electron chi connectivity index (χ1n) is 7.73. The van der Waals surface area contributed by atoms with Crippen LogP contribution in [0.15, 0.2) is 6.33 Å². The minimum absolute atomic E-state index is 0.0414. The third kappa shape index (κ3) is 2.00. The Labute approximate surface area is 137 Å². The number of nitrogen functional groups attached to an aromatic ring is 1. The van der Waals surface area contributed by atoms with E-state index in [0.29, 0.717) is 24.2 Å². The number of methoxy groups -OCH3 is 1. The number of anilines is 1. The van der Waals surface area contributed by atoms with E-state index in [1.807, 2.05) is 0 Å². The summed E-state index contributed by atoms with van der Waals surface area (Å²) in [6.45, 7) is 0.206. The van der Waals surface area contributed by atoms with Crippen LogP contribution in [0.3, 0.4) is 0 Å². The normalized spacial score (nSPS) is 32.9. The van der Waals surface area contributed by atoms with E-state index in [0.717, 1.165) is 6.42 Å². The summed E-state index contributed by atoms with van der Waals surface area (Å²) in [6.07, 6.45) is 0.549. The smallest absolute Gasteiger partial charge is 0.246 e. The summed E-state index contributed by atoms with van der Waals surface area (Å²) >= 11 is 0. The van der Waals surface area contributed by atoms with Gasteiger partial charge in [-0.2, -0.15) is 9.97 Å². The van der Waals surface area contributed by atoms with Gasteiger partial charge in [-0.15, -0.1) is 0 Å². The third-order valence-corrected chi connectivity index (χ3v) is 4.69. The van der Waals surface area contributed by atoms with Crippen LogP contribution in [-0.4, -0.2) is 67.9 Å². The number of hydrogen-bond acceptors (Lipinski definition) is 9. The van der Waals surface area contributed by atoms with Crippen LogP contribution in [0.5, 0.6) is 5.88 Å². The Morgan fingerprint density at radius 3 is 3.00 bits per heavy atom. The molecule has 0 saturated carbocycles. The fourth-order valence-corrected chi connectivity index (χ4v) is 3.59. The first-order valence-corrected chi connectivity index (χ1v) is 7.73. The number of rotatable bonds is 3. The number of fused-ring (bicyclic) bond motifs is 1. The largest absolute Gasteiger partial charge is 0.479 e. The first kappa shape index (κ1) is 15.5. The summed E-state index contributed by atoms with van der Waals surface area (Å²) in [4.78, 5) is 12.5. The van der Waals surface area contributed by atoms with Gasteiger partial charge in [0.05, 0.1) is 20.0 Å². The molecule has 2 aromatic heterocycles. The zero-order valence-electron chi connectivity index (χ0n) is 13.1. The van der Waals surface area contributed by atoms with Crippen molar-refractivity contribution in [3.05, 3.63) is 6.33 Å². The van der Waals surface area contributed by atoms with E-state index < -0.39 is 24.0 Å². The quantitative estimate of drug-likeness (QED) is 0.658. The van der Waals surface area contributed by atoms with Crippen LogP contribution in [0.4, 0.5) is 5.95 Å². The van der Waals surface area contributed by atoms with E-state index >= 15 is 0 Å². The molecule has 4 atom stereocenters. The Hall–Kier alpha value is -2.01. The molecule has 2 aliphatic rings. The molecule has 2 aliphatic heterocycles. The maximum atomic E-state index is 10.6. The van der Waals surface area contributed by atoms with Gasteiger partial charge in [0.2, 0.25) is 11.8 Å². The summed E-state index contributed by atoms with van der Waals surface area (Å²) < 4.78 is 18.6. The highest BCUT2D eigenvalue weighted by atomic mass is 16.6. The molecule has 0 radical (unpaired) electrons. The first-order chi connectivity index (χ1) is 11.6. The fourth-order valence-electron chi connectivity index (χ4n) is 3.59. The number of aliphatic hydroxyl groups excluding tert-OH is 2. The van der Waals surface area contributed by atoms with Crippen molar-refractivity contribution < 1.29 is 24.4 Å². The van der Waals surface area contributed by atoms with Crippen LogP contribution in [-0.2, 0) is 9.47 Å². The monoisotopic (exact) mass is 337 g/mol. The lowest BCUT2D eigenvalue weighted by atomic mass is 9.91. The predicted molar refractivity (Wildman–Crippen MR) is 81.2 cm³/mol. The number of nitrogens with two attached hydrogens (primary N) is 1. The zero-order chi connectivity index (χ0) is 16.9. The van der Waals surface area contributed by atoms with E-state index in [-0.39, 0.29) is 18.4 Å². The van der Waals surface area contributed by atoms with Crippen molar-refractivity contribution in [1.82, 2.24) is 19.5 Å². The van der Waals surface area contributed by atoms with E-state index in [4.69, 9.17) is 19.9 Å². The van der Waals surface area contributed by atoms with Gasteiger partial charge in [-0.1, -0.05) is 0 Å². The van der Waals surface area contributed by atoms with E-state index in [1.165, 1.54) is 13.4 Å². The van der Waals surface area contributed by atoms with Gasteiger partial charge in [-0.05, 0) is 12.8 Å². The summed E-state index contributed by atoms with van der Waals surface area (Å²) in [5.41, 5.74) is 5.65. The van der Waals surface area contributed by atoms with E-state index in [1.54, 1.807) is 4.57 Å². The summed E-state index contributed by atoms with van der Waals surface area (Å²) in [7, 11) is 1.47. The molecule has 10 heteroatoms. The lowest BCUT2D eigenvalue weighted by Gasteiger charge is -2.31. The second-order valence-electron chi connectivity index (χ2n) is 5.98. The van der Waals surface area contributed by atoms with Crippen LogP contribution in [0.1, 0.15) is 19.1 Å². The van der Waals surface area contributed by atoms with Crippen molar-refractivity contribution in [1.29, 1.82) is 0 Å². The maximum Gasteiger partial charge on any atom is 0.246 e. The molecule has 0 aromatic carbocycles. The van der Waals surface area contributed by atoms with Gasteiger partial charge < -0.3 is 30.2 Å². The van der Waals surface area contributed by atoms with Gasteiger partial charge in [0.25, 0.3) is 0 Å². The number of imidazole rings is 1. The Balaban J connectivity index is 1.86. The SMILES string of the molecule is COc1nc(N)nc2c1ncn2[C@@H]1O[C@H](CO)[C@@H](O)[C@]12CCCO2. The van der Waals surface area contributed by atoms with Crippen LogP contribution in [0.2, 0.25) is 0 Å². The van der Waals surface area contributed by atoms with Crippen molar-refractivity contribution in [2.45, 2.75) is 36.9 Å². The van der Waals surface area contributed by atoms with Crippen molar-refractivity contribution in [3.63, 3.8) is 0 Å². The highest BCUT2D eigenvalue weighted by molar-refractivity contribution is 5.77. The van der Waals surface area contributed by atoms with Crippen molar-refractivity contribution in [3.8, 4) is 5.88 Å². The van der Waals surface area contributed by atoms with Gasteiger partial charge in [-0.25, -0.2) is 4.98 Å². The number of aliphatic hydroxyl groups is 2. The van der Waals surface area contributed by atoms with E-state index in [2.05, 4.69) is 15.0 Å². The predicted octanol–water partition coefficient (Wildman–Crippen LogP) is -0.783. The molecule has 130 valence electrons. The number of aromatic nitrogens is 4. The standard InChI is InChI=1S/C14H19N5O5/c1-22-11-8-10(17-13(15)18-11)19(6-16-8)12-14(3-2-4-23-14)9(21)7(5-20)24-12/h6-7,9,12,20-21H,2-5H2,1H3,(H2,15,17,18)/t7-,9-,12-,14-/m1/s1. The Morgan fingerprint density at radius 2 is 2.33 bits per heavy atom. The highest BCUT2D eigenvalue weighted by Crippen LogP contribution is 2.48. The Bertz CT molecular complexity index is 759. The van der Waals surface area contributed by atoms with E-state index in [9.17, 15) is 10.2 Å². The van der Waals surface area contributed by atoms with Crippen LogP contribution >= 0.6 is 0 Å². The fraction of sp³-hybridized carbons (Fsp3) is 0.643. The molecule has 2 saturated heterocycles. The number of ether oxygens (including phenoxy) is 3. The topological polar surface area (TPSA) is 138 Å². The van der Waals surface area contributed by atoms with Gasteiger partial charge in [0.1, 0.15) is 17.8 Å². The molecule has 4 heterocycles. The van der Waals surface area contributed by atoms with Crippen LogP contribution in [0.25, 0.3) is 11.2 Å². The van der Waals surface area contributed by atoms with Gasteiger partial charge in [0.15, 0.2) is 17.4 Å². The summed E-state index contributed by atoms with van der Waals surface area (Å²) in [6, 6.07) is 0. The van der Waals surface area contributed by atoms with Crippen molar-refractivity contribution in [2.24, 2.45) is 0 Å². The molecular formula is C14H19N5O5. The average molecular weight is 337 g/mol. The minimum atomic E-state index is -0.950. The highest BCUT2D eigenvalue weighted by Gasteiger charge is 2.59. The average Bonchev–Trinajstić information content (AvgIpc) is 3.28. The van der Waals surface area contributed by atoms with Gasteiger partial charge >= 0.3 is 0 Å². The van der Waals surface area contributed by atoms with Gasteiger partial charge in [-0.3, -0.25) is 4.57 Å². The number of hydrogen-bond donors (Lipinski definition) is 3. The second kappa shape index (κ2) is 5.52. The molecule has 2 fully saturated rings. The molecule has 4 rings (SSSR count). The maximum absolute atomic E-state index is 10.6. The molecule has 4 N–H and O–H groups in total. The Morgan fingerprint density at radius 1 is 1.50 bits per heavy atom. The molecular weight excluding hydrogens is 318 g/mol. The zero-order valence-corrected chi connectivity index (χ0v) is 13.1. The number of nitrogens with zero attached hydrogens (tertiary/aromatic N) is 4. The van der Waals surface area contributed by atoms with Crippen molar-refractivity contribution >= 4 is 17.1 Å². The summed E-state index contributed by atoms with van der Waals surface area (Å²) in [5.74, 6) is 0.301. The van der Waals surface area contributed by atoms with Crippen LogP contribution < -0.4 is 10.5 Å². The van der Waals surface area contributed by atoms with Crippen molar-refractivity contribution in [2.75, 3.05) is 26.1 Å². The Kier molecular flexibility index (Phi) is 3.57. The lowest BCUT2D eigenvalue weighted by Crippen LogP contribution is -2.46. The van der Waals surface area contributed by atoms with Gasteiger partial charge in [0, 0.05) is 6.61 Å². The molecule has 24 heavy (non-hydrogen) atoms. The minimum Gasteiger partial charge on any atom is -0.479 e. The molecule has 0 bridgehead atoms. The lowest BCUT2D eigenvalue weighted by molar-refractivity contribution is -0.119. The van der Waals surface area contributed by atoms with Crippen LogP contribution in [0, 0.1) is 0 Å². The molecule has 1 spiro atoms. The summed E-state index contributed by atoms with van der Waals surface area (Å²) in [5, 5.41) is 20.1. The molecule has 10 nitrogen and oxygen atoms in total. The molecule has 2 aromatic rings. The molecule has 0 unspecified atom stereocenters. The second-order valence-corrected chi connectivity index (χ2v) is 5.98. The molecule has 0 amide bonds.